The molecule has 3 aromatic rings. The van der Waals surface area contributed by atoms with Gasteiger partial charge in [-0.3, -0.25) is 10.6 Å². The Kier molecular flexibility index (Phi) is 8.60. The van der Waals surface area contributed by atoms with Crippen LogP contribution in [0.25, 0.3) is 12.2 Å². The zero-order chi connectivity index (χ0) is 22.4. The van der Waals surface area contributed by atoms with E-state index in [9.17, 15) is 9.59 Å². The first kappa shape index (κ1) is 22.3. The highest BCUT2D eigenvalue weighted by molar-refractivity contribution is 5.85. The third kappa shape index (κ3) is 8.16. The zero-order valence-electron chi connectivity index (χ0n) is 17.3. The van der Waals surface area contributed by atoms with Crippen LogP contribution in [-0.4, -0.2) is 30.4 Å². The summed E-state index contributed by atoms with van der Waals surface area (Å²) in [6.07, 6.45) is 5.88. The Labute approximate surface area is 186 Å². The van der Waals surface area contributed by atoms with Gasteiger partial charge in [-0.25, -0.2) is 14.6 Å². The van der Waals surface area contributed by atoms with Crippen molar-refractivity contribution in [3.63, 3.8) is 0 Å². The van der Waals surface area contributed by atoms with Crippen molar-refractivity contribution >= 4 is 35.7 Å². The monoisotopic (exact) mass is 429 g/mol. The molecular formula is C25H23N3O4. The first-order valence-electron chi connectivity index (χ1n) is 9.97. The molecule has 3 rings (SSSR count). The van der Waals surface area contributed by atoms with Crippen molar-refractivity contribution in [3.05, 3.63) is 102 Å². The maximum Gasteiger partial charge on any atom is 0.411 e. The summed E-state index contributed by atoms with van der Waals surface area (Å²) in [5.41, 5.74) is 2.76. The molecule has 0 atom stereocenters. The molecule has 7 heteroatoms. The molecule has 2 N–H and O–H groups in total. The van der Waals surface area contributed by atoms with Crippen LogP contribution in [0.1, 0.15) is 11.4 Å². The second-order valence-electron chi connectivity index (χ2n) is 6.47. The molecule has 0 saturated heterocycles. The van der Waals surface area contributed by atoms with Gasteiger partial charge in [0.15, 0.2) is 0 Å². The van der Waals surface area contributed by atoms with Gasteiger partial charge in [0.25, 0.3) is 0 Å². The normalized spacial score (nSPS) is 10.8. The standard InChI is InChI=1S/C25H23N3O4/c29-24(27-22-10-3-1-4-11-22)31-18-8-16-20-14-7-15-21(26-20)17-9-19-32-25(30)28-23-12-5-2-6-13-23/h1-17H,18-19H2,(H,27,29)(H,28,30)/b16-8+,17-9+. The Morgan fingerprint density at radius 2 is 1.09 bits per heavy atom. The SMILES string of the molecule is O=C(Nc1ccccc1)OC/C=C/c1cccc(/C=C/COC(=O)Nc2ccccc2)n1. The van der Waals surface area contributed by atoms with Gasteiger partial charge in [-0.2, -0.15) is 0 Å². The molecule has 32 heavy (non-hydrogen) atoms. The van der Waals surface area contributed by atoms with Gasteiger partial charge in [-0.15, -0.1) is 0 Å². The molecule has 0 radical (unpaired) electrons. The van der Waals surface area contributed by atoms with Crippen molar-refractivity contribution in [1.82, 2.24) is 4.98 Å². The second-order valence-corrected chi connectivity index (χ2v) is 6.47. The topological polar surface area (TPSA) is 89.5 Å². The van der Waals surface area contributed by atoms with E-state index in [1.54, 1.807) is 48.6 Å². The van der Waals surface area contributed by atoms with Crippen molar-refractivity contribution in [3.8, 4) is 0 Å². The molecule has 0 unspecified atom stereocenters. The quantitative estimate of drug-likeness (QED) is 0.486. The van der Waals surface area contributed by atoms with E-state index in [2.05, 4.69) is 15.6 Å². The number of amides is 2. The number of carbonyl (C=O) groups excluding carboxylic acids is 2. The van der Waals surface area contributed by atoms with Gasteiger partial charge < -0.3 is 9.47 Å². The summed E-state index contributed by atoms with van der Waals surface area (Å²) in [6, 6.07) is 23.7. The van der Waals surface area contributed by atoms with Gasteiger partial charge in [0, 0.05) is 11.4 Å². The van der Waals surface area contributed by atoms with Gasteiger partial charge in [-0.1, -0.05) is 42.5 Å². The van der Waals surface area contributed by atoms with E-state index in [1.165, 1.54) is 0 Å². The van der Waals surface area contributed by atoms with E-state index < -0.39 is 12.2 Å². The number of aromatic nitrogens is 1. The number of pyridine rings is 1. The van der Waals surface area contributed by atoms with E-state index in [0.29, 0.717) is 22.8 Å². The molecule has 162 valence electrons. The highest BCUT2D eigenvalue weighted by atomic mass is 16.6. The van der Waals surface area contributed by atoms with Crippen LogP contribution in [-0.2, 0) is 9.47 Å². The second kappa shape index (κ2) is 12.3. The number of carbonyl (C=O) groups is 2. The van der Waals surface area contributed by atoms with Crippen molar-refractivity contribution in [1.29, 1.82) is 0 Å². The minimum absolute atomic E-state index is 0.116. The van der Waals surface area contributed by atoms with Gasteiger partial charge in [0.05, 0.1) is 11.4 Å². The predicted molar refractivity (Wildman–Crippen MR) is 125 cm³/mol. The van der Waals surface area contributed by atoms with E-state index in [1.807, 2.05) is 54.6 Å². The number of hydrogen-bond donors (Lipinski definition) is 2. The van der Waals surface area contributed by atoms with Gasteiger partial charge in [0.1, 0.15) is 13.2 Å². The Balaban J connectivity index is 1.39. The molecule has 0 aliphatic carbocycles. The van der Waals surface area contributed by atoms with E-state index in [4.69, 9.17) is 9.47 Å². The average molecular weight is 429 g/mol. The average Bonchev–Trinajstić information content (AvgIpc) is 2.81. The predicted octanol–water partition coefficient (Wildman–Crippen LogP) is 5.61. The van der Waals surface area contributed by atoms with Gasteiger partial charge in [-0.05, 0) is 60.7 Å². The lowest BCUT2D eigenvalue weighted by molar-refractivity contribution is 0.173. The Morgan fingerprint density at radius 1 is 0.656 bits per heavy atom. The van der Waals surface area contributed by atoms with Crippen molar-refractivity contribution in [2.75, 3.05) is 23.8 Å². The third-order valence-corrected chi connectivity index (χ3v) is 4.03. The van der Waals surface area contributed by atoms with Crippen molar-refractivity contribution in [2.45, 2.75) is 0 Å². The summed E-state index contributed by atoms with van der Waals surface area (Å²) in [6.45, 7) is 0.232. The molecule has 1 aromatic heterocycles. The summed E-state index contributed by atoms with van der Waals surface area (Å²) >= 11 is 0. The lowest BCUT2D eigenvalue weighted by Crippen LogP contribution is -2.13. The Morgan fingerprint density at radius 3 is 1.53 bits per heavy atom. The number of para-hydroxylation sites is 2. The first-order valence-corrected chi connectivity index (χ1v) is 9.97. The highest BCUT2D eigenvalue weighted by Crippen LogP contribution is 2.07. The molecule has 7 nitrogen and oxygen atoms in total. The van der Waals surface area contributed by atoms with Gasteiger partial charge in [0.2, 0.25) is 0 Å². The fourth-order valence-corrected chi connectivity index (χ4v) is 2.59. The van der Waals surface area contributed by atoms with E-state index >= 15 is 0 Å². The molecule has 1 heterocycles. The molecule has 0 spiro atoms. The maximum absolute atomic E-state index is 11.7. The van der Waals surface area contributed by atoms with Crippen LogP contribution in [0.5, 0.6) is 0 Å². The van der Waals surface area contributed by atoms with E-state index in [0.717, 1.165) is 0 Å². The van der Waals surface area contributed by atoms with Crippen LogP contribution in [0.3, 0.4) is 0 Å². The molecule has 0 bridgehead atoms. The lowest BCUT2D eigenvalue weighted by atomic mass is 10.2. The number of anilines is 2. The van der Waals surface area contributed by atoms with Crippen LogP contribution in [0.15, 0.2) is 91.0 Å². The lowest BCUT2D eigenvalue weighted by Gasteiger charge is -2.04. The summed E-state index contributed by atoms with van der Waals surface area (Å²) in [4.78, 5) is 27.9. The molecule has 0 aliphatic rings. The zero-order valence-corrected chi connectivity index (χ0v) is 17.3. The van der Waals surface area contributed by atoms with Crippen LogP contribution in [0.2, 0.25) is 0 Å². The largest absolute Gasteiger partial charge is 0.445 e. The summed E-state index contributed by atoms with van der Waals surface area (Å²) < 4.78 is 10.2. The molecular weight excluding hydrogens is 406 g/mol. The number of nitrogens with zero attached hydrogens (tertiary/aromatic N) is 1. The summed E-state index contributed by atoms with van der Waals surface area (Å²) in [7, 11) is 0. The van der Waals surface area contributed by atoms with Crippen LogP contribution < -0.4 is 10.6 Å². The van der Waals surface area contributed by atoms with Crippen LogP contribution in [0, 0.1) is 0 Å². The minimum Gasteiger partial charge on any atom is -0.445 e. The van der Waals surface area contributed by atoms with Gasteiger partial charge >= 0.3 is 12.2 Å². The molecule has 0 fully saturated rings. The Hall–Kier alpha value is -4.39. The fourth-order valence-electron chi connectivity index (χ4n) is 2.59. The fraction of sp³-hybridized carbons (Fsp3) is 0.0800. The smallest absolute Gasteiger partial charge is 0.411 e. The maximum atomic E-state index is 11.7. The van der Waals surface area contributed by atoms with E-state index in [-0.39, 0.29) is 13.2 Å². The first-order chi connectivity index (χ1) is 15.7. The molecule has 0 aliphatic heterocycles. The van der Waals surface area contributed by atoms with Crippen LogP contribution in [0.4, 0.5) is 21.0 Å². The number of rotatable bonds is 8. The minimum atomic E-state index is -0.526. The number of benzene rings is 2. The molecule has 2 amide bonds. The number of hydrogen-bond acceptors (Lipinski definition) is 5. The van der Waals surface area contributed by atoms with Crippen molar-refractivity contribution in [2.24, 2.45) is 0 Å². The number of nitrogens with one attached hydrogen (secondary N) is 2. The number of ether oxygens (including phenoxy) is 2. The Bertz CT molecular complexity index is 984. The third-order valence-electron chi connectivity index (χ3n) is 4.03. The summed E-state index contributed by atoms with van der Waals surface area (Å²) in [5, 5.41) is 5.28. The highest BCUT2D eigenvalue weighted by Gasteiger charge is 2.01. The summed E-state index contributed by atoms with van der Waals surface area (Å²) in [5.74, 6) is 0. The molecule has 0 saturated carbocycles. The van der Waals surface area contributed by atoms with Crippen molar-refractivity contribution < 1.29 is 19.1 Å². The molecule has 2 aromatic carbocycles. The van der Waals surface area contributed by atoms with Crippen LogP contribution >= 0.6 is 0 Å².